The number of pyridine rings is 1. The van der Waals surface area contributed by atoms with Crippen LogP contribution in [0.4, 0.5) is 14.9 Å². The van der Waals surface area contributed by atoms with Gasteiger partial charge in [-0.25, -0.2) is 9.37 Å². The summed E-state index contributed by atoms with van der Waals surface area (Å²) in [4.78, 5) is 43.1. The smallest absolute Gasteiger partial charge is 0.294 e. The molecule has 33 heavy (non-hydrogen) atoms. The van der Waals surface area contributed by atoms with Crippen molar-refractivity contribution in [2.24, 2.45) is 0 Å². The summed E-state index contributed by atoms with van der Waals surface area (Å²) in [6.07, 6.45) is 3.44. The van der Waals surface area contributed by atoms with E-state index in [4.69, 9.17) is 0 Å². The third kappa shape index (κ3) is 4.73. The van der Waals surface area contributed by atoms with Crippen LogP contribution in [0.2, 0.25) is 0 Å². The molecule has 168 valence electrons. The van der Waals surface area contributed by atoms with Gasteiger partial charge in [-0.1, -0.05) is 12.1 Å². The zero-order valence-electron chi connectivity index (χ0n) is 18.3. The van der Waals surface area contributed by atoms with Gasteiger partial charge in [0.05, 0.1) is 4.91 Å². The molecule has 0 unspecified atom stereocenters. The zero-order valence-corrected chi connectivity index (χ0v) is 19.1. The Hall–Kier alpha value is -3.72. The average Bonchev–Trinajstić information content (AvgIpc) is 3.18. The van der Waals surface area contributed by atoms with Gasteiger partial charge >= 0.3 is 0 Å². The number of carbonyl (C=O) groups is 3. The molecule has 3 aromatic rings. The molecule has 3 heterocycles. The predicted octanol–water partition coefficient (Wildman–Crippen LogP) is 4.61. The quantitative estimate of drug-likeness (QED) is 0.558. The van der Waals surface area contributed by atoms with Gasteiger partial charge in [0, 0.05) is 23.3 Å². The van der Waals surface area contributed by atoms with Gasteiger partial charge in [0.1, 0.15) is 18.2 Å². The Kier molecular flexibility index (Phi) is 6.15. The number of hydrogen-bond donors (Lipinski definition) is 1. The highest BCUT2D eigenvalue weighted by Crippen LogP contribution is 2.33. The Morgan fingerprint density at radius 2 is 1.94 bits per heavy atom. The molecule has 0 aliphatic carbocycles. The maximum atomic E-state index is 13.3. The second-order valence-electron chi connectivity index (χ2n) is 7.68. The van der Waals surface area contributed by atoms with Gasteiger partial charge in [-0.2, -0.15) is 0 Å². The van der Waals surface area contributed by atoms with Crippen molar-refractivity contribution in [3.63, 3.8) is 0 Å². The van der Waals surface area contributed by atoms with E-state index < -0.39 is 29.4 Å². The maximum absolute atomic E-state index is 13.3. The summed E-state index contributed by atoms with van der Waals surface area (Å²) in [5, 5.41) is 1.96. The largest absolute Gasteiger partial charge is 0.324 e. The summed E-state index contributed by atoms with van der Waals surface area (Å²) in [6.45, 7) is 5.36. The van der Waals surface area contributed by atoms with Crippen LogP contribution in [0, 0.1) is 26.6 Å². The van der Waals surface area contributed by atoms with E-state index in [0.717, 1.165) is 51.1 Å². The third-order valence-electron chi connectivity index (χ3n) is 5.17. The maximum Gasteiger partial charge on any atom is 0.294 e. The van der Waals surface area contributed by atoms with Crippen molar-refractivity contribution >= 4 is 40.6 Å². The van der Waals surface area contributed by atoms with Crippen LogP contribution in [0.15, 0.2) is 53.6 Å². The van der Waals surface area contributed by atoms with Crippen molar-refractivity contribution in [1.29, 1.82) is 0 Å². The van der Waals surface area contributed by atoms with E-state index in [9.17, 15) is 18.8 Å². The number of nitrogens with zero attached hydrogens (tertiary/aromatic N) is 3. The van der Waals surface area contributed by atoms with E-state index in [1.54, 1.807) is 12.3 Å². The van der Waals surface area contributed by atoms with Crippen molar-refractivity contribution in [2.75, 3.05) is 11.9 Å². The second kappa shape index (κ2) is 9.03. The van der Waals surface area contributed by atoms with Crippen molar-refractivity contribution < 1.29 is 18.8 Å². The van der Waals surface area contributed by atoms with E-state index in [-0.39, 0.29) is 10.6 Å². The molecule has 2 aromatic heterocycles. The molecule has 0 saturated carbocycles. The minimum Gasteiger partial charge on any atom is -0.324 e. The monoisotopic (exact) mass is 464 g/mol. The number of halogens is 1. The van der Waals surface area contributed by atoms with Gasteiger partial charge in [-0.3, -0.25) is 19.3 Å². The standard InChI is InChI=1S/C24H21FN4O3S/c1-14-7-8-21(26-12-14)29-15(2)9-17(16(29)3)10-20-23(31)28(24(32)33-20)13-22(30)27-19-6-4-5-18(25)11-19/h4-12H,13H2,1-3H3,(H,27,30)/b20-10+. The molecule has 1 fully saturated rings. The molecular formula is C24H21FN4O3S. The van der Waals surface area contributed by atoms with Gasteiger partial charge in [0.15, 0.2) is 0 Å². The summed E-state index contributed by atoms with van der Waals surface area (Å²) < 4.78 is 15.3. The van der Waals surface area contributed by atoms with Crippen molar-refractivity contribution in [3.8, 4) is 5.82 Å². The zero-order chi connectivity index (χ0) is 23.7. The highest BCUT2D eigenvalue weighted by Gasteiger charge is 2.36. The summed E-state index contributed by atoms with van der Waals surface area (Å²) >= 11 is 0.783. The SMILES string of the molecule is Cc1ccc(-n2c(C)cc(/C=C3/SC(=O)N(CC(=O)Nc4cccc(F)c4)C3=O)c2C)nc1. The molecular weight excluding hydrogens is 443 g/mol. The molecule has 0 atom stereocenters. The lowest BCUT2D eigenvalue weighted by atomic mass is 10.2. The average molecular weight is 465 g/mol. The first-order chi connectivity index (χ1) is 15.7. The Bertz CT molecular complexity index is 1300. The third-order valence-corrected chi connectivity index (χ3v) is 6.07. The minimum atomic E-state index is -0.590. The first-order valence-electron chi connectivity index (χ1n) is 10.2. The summed E-state index contributed by atoms with van der Waals surface area (Å²) in [5.74, 6) is -0.872. The Labute approximate surface area is 194 Å². The number of rotatable bonds is 5. The van der Waals surface area contributed by atoms with Crippen molar-refractivity contribution in [2.45, 2.75) is 20.8 Å². The molecule has 1 N–H and O–H groups in total. The van der Waals surface area contributed by atoms with Gasteiger partial charge in [-0.15, -0.1) is 0 Å². The van der Waals surface area contributed by atoms with E-state index in [1.807, 2.05) is 43.5 Å². The van der Waals surface area contributed by atoms with E-state index in [2.05, 4.69) is 10.3 Å². The van der Waals surface area contributed by atoms with Gasteiger partial charge < -0.3 is 9.88 Å². The van der Waals surface area contributed by atoms with Crippen LogP contribution in [0.3, 0.4) is 0 Å². The molecule has 3 amide bonds. The fourth-order valence-electron chi connectivity index (χ4n) is 3.57. The topological polar surface area (TPSA) is 84.3 Å². The predicted molar refractivity (Wildman–Crippen MR) is 125 cm³/mol. The molecule has 9 heteroatoms. The molecule has 1 aliphatic heterocycles. The number of benzene rings is 1. The molecule has 1 aromatic carbocycles. The lowest BCUT2D eigenvalue weighted by Gasteiger charge is -2.12. The number of aryl methyl sites for hydroxylation is 2. The van der Waals surface area contributed by atoms with E-state index in [1.165, 1.54) is 18.2 Å². The Balaban J connectivity index is 1.53. The molecule has 0 spiro atoms. The Morgan fingerprint density at radius 3 is 2.64 bits per heavy atom. The minimum absolute atomic E-state index is 0.232. The summed E-state index contributed by atoms with van der Waals surface area (Å²) in [6, 6.07) is 11.2. The molecule has 0 radical (unpaired) electrons. The van der Waals surface area contributed by atoms with Crippen LogP contribution in [0.25, 0.3) is 11.9 Å². The number of carbonyl (C=O) groups excluding carboxylic acids is 3. The fraction of sp³-hybridized carbons (Fsp3) is 0.167. The van der Waals surface area contributed by atoms with Crippen LogP contribution in [-0.4, -0.2) is 38.0 Å². The molecule has 1 aliphatic rings. The highest BCUT2D eigenvalue weighted by atomic mass is 32.2. The molecule has 7 nitrogen and oxygen atoms in total. The number of amides is 3. The summed E-state index contributed by atoms with van der Waals surface area (Å²) in [5.41, 5.74) is 3.89. The first-order valence-corrected chi connectivity index (χ1v) is 11.0. The number of thioether (sulfide) groups is 1. The second-order valence-corrected chi connectivity index (χ2v) is 8.68. The van der Waals surface area contributed by atoms with Crippen LogP contribution >= 0.6 is 11.8 Å². The first kappa shape index (κ1) is 22.5. The lowest BCUT2D eigenvalue weighted by Crippen LogP contribution is -2.36. The van der Waals surface area contributed by atoms with E-state index in [0.29, 0.717) is 0 Å². The number of hydrogen-bond acceptors (Lipinski definition) is 5. The Morgan fingerprint density at radius 1 is 1.15 bits per heavy atom. The highest BCUT2D eigenvalue weighted by molar-refractivity contribution is 8.18. The number of imide groups is 1. The lowest BCUT2D eigenvalue weighted by molar-refractivity contribution is -0.127. The van der Waals surface area contributed by atoms with Crippen LogP contribution < -0.4 is 5.32 Å². The number of anilines is 1. The van der Waals surface area contributed by atoms with Crippen LogP contribution in [0.1, 0.15) is 22.5 Å². The molecule has 0 bridgehead atoms. The normalized spacial score (nSPS) is 14.9. The van der Waals surface area contributed by atoms with Crippen molar-refractivity contribution in [1.82, 2.24) is 14.5 Å². The van der Waals surface area contributed by atoms with Gasteiger partial charge in [0.2, 0.25) is 5.91 Å². The van der Waals surface area contributed by atoms with Gasteiger partial charge in [0.25, 0.3) is 11.1 Å². The molecule has 4 rings (SSSR count). The molecule has 1 saturated heterocycles. The fourth-order valence-corrected chi connectivity index (χ4v) is 4.40. The number of nitrogens with one attached hydrogen (secondary N) is 1. The van der Waals surface area contributed by atoms with E-state index >= 15 is 0 Å². The van der Waals surface area contributed by atoms with Gasteiger partial charge in [-0.05, 0) is 80.1 Å². The van der Waals surface area contributed by atoms with Crippen molar-refractivity contribution in [3.05, 3.63) is 81.9 Å². The number of aromatic nitrogens is 2. The van der Waals surface area contributed by atoms with Crippen LogP contribution in [-0.2, 0) is 9.59 Å². The summed E-state index contributed by atoms with van der Waals surface area (Å²) in [7, 11) is 0. The van der Waals surface area contributed by atoms with Crippen LogP contribution in [0.5, 0.6) is 0 Å².